The number of methoxy groups -OCH3 is 2. The number of likely N-dealkylation sites (tertiary alicyclic amines) is 1. The van der Waals surface area contributed by atoms with Crippen LogP contribution in [0.1, 0.15) is 207 Å². The van der Waals surface area contributed by atoms with Crippen molar-refractivity contribution in [1.29, 1.82) is 0 Å². The first-order valence-corrected chi connectivity index (χ1v) is 43.7. The molecule has 0 spiro atoms. The third-order valence-electron chi connectivity index (χ3n) is 23.3. The summed E-state index contributed by atoms with van der Waals surface area (Å²) in [5.41, 5.74) is 10.6. The van der Waals surface area contributed by atoms with Gasteiger partial charge in [-0.1, -0.05) is 190 Å². The number of hydrogen-bond donors (Lipinski definition) is 5. The number of nitrogens with two attached hydrogens (primary N) is 1. The Morgan fingerprint density at radius 1 is 0.639 bits per heavy atom. The standard InChI is InChI=1S/C93H131N7O18S/c1-17-63(10)86(81(115-15)55-83(106)100-49-22-27-76(100)89(116-16)65(12)78(102)52-64(11)87(107)69-24-19-18-20-25-69)98(13)91(110)75(58(2)3)54-80(104)85(60(6)7)99(14)93(112)118-56-67-36-43-73(44-37-67)96-90(109)71(26-21-48-95-92(94)111)53-79(103)84(59(4)5)97-82(105)47-51-117-50-23-28-77(101)68-39-41-70(42-40-68)88(108)72(38-35-66-33-29-61(8)30-34-66)57-119(113,114)74-45-31-62(9)32-46-74/h18-20,24-25,29-34,36-37,39-46,58-60,63-65,71-72,75-76,81,84-87,89,107H,17,21-23,26-28,35,38,47-57H2,1-16H3,(H,96,109)(H,97,105)(H3,94,95,111)/t63-,64-,65-,71+,72?,75-,76-,81+,84-,85-,86-,87+,89+/m0/s1. The van der Waals surface area contributed by atoms with E-state index in [1.807, 2.05) is 110 Å². The molecule has 7 amide bonds. The summed E-state index contributed by atoms with van der Waals surface area (Å²) in [4.78, 5) is 157. The van der Waals surface area contributed by atoms with E-state index in [1.54, 1.807) is 124 Å². The molecule has 652 valence electrons. The molecular formula is C93H131N7O18S. The second kappa shape index (κ2) is 48.2. The van der Waals surface area contributed by atoms with Gasteiger partial charge in [0, 0.05) is 121 Å². The van der Waals surface area contributed by atoms with Gasteiger partial charge in [-0.05, 0) is 129 Å². The van der Waals surface area contributed by atoms with E-state index >= 15 is 0 Å². The highest BCUT2D eigenvalue weighted by atomic mass is 32.2. The van der Waals surface area contributed by atoms with Crippen LogP contribution in [0.15, 0.2) is 132 Å². The molecule has 0 radical (unpaired) electrons. The number of nitrogens with one attached hydrogen (secondary N) is 3. The molecule has 1 unspecified atom stereocenters. The first-order chi connectivity index (χ1) is 56.4. The summed E-state index contributed by atoms with van der Waals surface area (Å²) in [5.74, 6) is -7.96. The van der Waals surface area contributed by atoms with Crippen LogP contribution in [0.4, 0.5) is 15.3 Å². The molecule has 0 aliphatic carbocycles. The van der Waals surface area contributed by atoms with E-state index in [4.69, 9.17) is 24.7 Å². The molecule has 119 heavy (non-hydrogen) atoms. The first-order valence-electron chi connectivity index (χ1n) is 42.1. The predicted molar refractivity (Wildman–Crippen MR) is 459 cm³/mol. The fourth-order valence-electron chi connectivity index (χ4n) is 15.9. The Labute approximate surface area is 705 Å². The van der Waals surface area contributed by atoms with Crippen molar-refractivity contribution in [3.05, 3.63) is 166 Å². The second-order valence-corrected chi connectivity index (χ2v) is 35.4. The van der Waals surface area contributed by atoms with Gasteiger partial charge < -0.3 is 60.4 Å². The zero-order valence-electron chi connectivity index (χ0n) is 72.7. The fourth-order valence-corrected chi connectivity index (χ4v) is 17.5. The van der Waals surface area contributed by atoms with E-state index in [0.717, 1.165) is 22.3 Å². The molecule has 1 aliphatic rings. The van der Waals surface area contributed by atoms with Crippen molar-refractivity contribution in [2.45, 2.75) is 227 Å². The van der Waals surface area contributed by atoms with Crippen LogP contribution in [-0.2, 0) is 75.4 Å². The van der Waals surface area contributed by atoms with Crippen LogP contribution < -0.4 is 21.7 Å². The van der Waals surface area contributed by atoms with E-state index in [2.05, 4.69) is 16.0 Å². The molecule has 5 aromatic rings. The summed E-state index contributed by atoms with van der Waals surface area (Å²) >= 11 is 0. The van der Waals surface area contributed by atoms with Crippen molar-refractivity contribution in [3.63, 3.8) is 0 Å². The Bertz CT molecular complexity index is 4260. The van der Waals surface area contributed by atoms with E-state index in [9.17, 15) is 66.3 Å². The number of nitrogens with zero attached hydrogens (tertiary/aromatic N) is 3. The number of urea groups is 1. The van der Waals surface area contributed by atoms with Gasteiger partial charge in [0.25, 0.3) is 0 Å². The minimum absolute atomic E-state index is 0.0122. The average molecular weight is 1670 g/mol. The smallest absolute Gasteiger partial charge is 0.410 e. The number of carbonyl (C=O) groups is 11. The number of aliphatic hydroxyl groups is 1. The number of benzene rings is 5. The van der Waals surface area contributed by atoms with Gasteiger partial charge in [0.1, 0.15) is 12.4 Å². The SMILES string of the molecule is CC[C@H](C)[C@@H]([C@@H](CC(=O)N1CCC[C@H]1[C@H](OC)[C@@H](C)C(=O)C[C@H](C)[C@@H](O)c1ccccc1)OC)N(C)C(=O)[C@@H](CC(=O)[C@H](C(C)C)N(C)C(=O)OCc1ccc(NC(=O)[C@H](CCCNC(N)=O)CC(=O)[C@@H](NC(=O)CCOCCCC(=O)c2ccc(C(=O)C(CCc3ccc(C)cc3)CS(=O)(=O)c3ccc(C)cc3)cc2)C(C)C)cc1)C(C)C. The number of likely N-dealkylation sites (N-methyl/N-ethyl adjacent to an activating group) is 2. The lowest BCUT2D eigenvalue weighted by molar-refractivity contribution is -0.149. The molecule has 6 N–H and O–H groups in total. The van der Waals surface area contributed by atoms with Gasteiger partial charge in [-0.15, -0.1) is 0 Å². The highest BCUT2D eigenvalue weighted by Crippen LogP contribution is 2.35. The van der Waals surface area contributed by atoms with Crippen LogP contribution in [0.2, 0.25) is 0 Å². The largest absolute Gasteiger partial charge is 0.445 e. The van der Waals surface area contributed by atoms with Crippen molar-refractivity contribution in [2.75, 3.05) is 65.7 Å². The Balaban J connectivity index is 0.985. The molecular weight excluding hydrogens is 1540 g/mol. The quantitative estimate of drug-likeness (QED) is 0.0178. The highest BCUT2D eigenvalue weighted by Gasteiger charge is 2.45. The highest BCUT2D eigenvalue weighted by molar-refractivity contribution is 7.91. The number of primary amides is 1. The molecule has 13 atom stereocenters. The number of ether oxygens (including phenoxy) is 4. The molecule has 1 aliphatic heterocycles. The number of anilines is 1. The fraction of sp³-hybridized carbons (Fsp3) is 0.559. The van der Waals surface area contributed by atoms with Crippen molar-refractivity contribution in [2.24, 2.45) is 59.0 Å². The van der Waals surface area contributed by atoms with Crippen LogP contribution in [0, 0.1) is 67.1 Å². The van der Waals surface area contributed by atoms with Crippen LogP contribution in [-0.4, -0.2) is 190 Å². The van der Waals surface area contributed by atoms with Gasteiger partial charge >= 0.3 is 12.1 Å². The number of rotatable bonds is 51. The monoisotopic (exact) mass is 1670 g/mol. The summed E-state index contributed by atoms with van der Waals surface area (Å²) in [6.07, 6.45) is 0.145. The molecule has 1 heterocycles. The van der Waals surface area contributed by atoms with Crippen molar-refractivity contribution in [3.8, 4) is 0 Å². The average Bonchev–Trinajstić information content (AvgIpc) is 1.80. The summed E-state index contributed by atoms with van der Waals surface area (Å²) in [6.45, 7) is 22.9. The van der Waals surface area contributed by atoms with Crippen LogP contribution in [0.3, 0.4) is 0 Å². The maximum absolute atomic E-state index is 15.0. The molecule has 1 fully saturated rings. The zero-order valence-corrected chi connectivity index (χ0v) is 73.5. The van der Waals surface area contributed by atoms with Crippen molar-refractivity contribution >= 4 is 80.2 Å². The lowest BCUT2D eigenvalue weighted by Gasteiger charge is -2.41. The number of sulfone groups is 1. The summed E-state index contributed by atoms with van der Waals surface area (Å²) < 4.78 is 50.9. The van der Waals surface area contributed by atoms with Gasteiger partial charge in [-0.25, -0.2) is 18.0 Å². The Morgan fingerprint density at radius 2 is 1.26 bits per heavy atom. The number of ketones is 5. The third kappa shape index (κ3) is 29.8. The maximum atomic E-state index is 15.0. The summed E-state index contributed by atoms with van der Waals surface area (Å²) in [7, 11) is 2.41. The van der Waals surface area contributed by atoms with Gasteiger partial charge in [-0.3, -0.25) is 43.2 Å². The minimum atomic E-state index is -3.82. The topological polar surface area (TPSA) is 351 Å². The van der Waals surface area contributed by atoms with Crippen LogP contribution in [0.25, 0.3) is 0 Å². The number of carbonyl (C=O) groups excluding carboxylic acids is 11. The van der Waals surface area contributed by atoms with E-state index in [-0.39, 0.29) is 147 Å². The Morgan fingerprint density at radius 3 is 1.85 bits per heavy atom. The molecule has 0 bridgehead atoms. The van der Waals surface area contributed by atoms with Gasteiger partial charge in [-0.2, -0.15) is 0 Å². The van der Waals surface area contributed by atoms with E-state index in [1.165, 1.54) is 19.1 Å². The predicted octanol–water partition coefficient (Wildman–Crippen LogP) is 13.5. The normalized spacial score (nSPS) is 16.0. The zero-order chi connectivity index (χ0) is 88.0. The molecule has 25 nitrogen and oxygen atoms in total. The van der Waals surface area contributed by atoms with Crippen LogP contribution >= 0.6 is 0 Å². The Hall–Kier alpha value is -9.34. The summed E-state index contributed by atoms with van der Waals surface area (Å²) in [6, 6.07) is 32.7. The molecule has 0 saturated carbocycles. The number of aryl methyl sites for hydroxylation is 3. The minimum Gasteiger partial charge on any atom is -0.445 e. The van der Waals surface area contributed by atoms with E-state index < -0.39 is 112 Å². The number of amides is 7. The Kier molecular flexibility index (Phi) is 39.9. The molecule has 1 saturated heterocycles. The molecule has 6 rings (SSSR count). The maximum Gasteiger partial charge on any atom is 0.410 e. The molecule has 0 aromatic heterocycles. The number of hydrogen-bond acceptors (Lipinski definition) is 18. The third-order valence-corrected chi connectivity index (χ3v) is 25.1. The van der Waals surface area contributed by atoms with Crippen molar-refractivity contribution < 1.29 is 85.2 Å². The van der Waals surface area contributed by atoms with Gasteiger partial charge in [0.15, 0.2) is 33.0 Å². The van der Waals surface area contributed by atoms with Crippen molar-refractivity contribution in [1.82, 2.24) is 25.3 Å². The number of aliphatic hydroxyl groups excluding tert-OH is 1. The van der Waals surface area contributed by atoms with E-state index in [0.29, 0.717) is 67.4 Å². The van der Waals surface area contributed by atoms with Gasteiger partial charge in [0.2, 0.25) is 23.6 Å². The lowest BCUT2D eigenvalue weighted by Crippen LogP contribution is -2.54. The second-order valence-electron chi connectivity index (χ2n) is 33.4. The summed E-state index contributed by atoms with van der Waals surface area (Å²) in [5, 5.41) is 19.3. The first kappa shape index (κ1) is 98.5. The van der Waals surface area contributed by atoms with Gasteiger partial charge in [0.05, 0.1) is 66.2 Å². The molecule has 26 heteroatoms. The van der Waals surface area contributed by atoms with Crippen LogP contribution in [0.5, 0.6) is 0 Å². The number of Topliss-reactive ketones (excluding diaryl/α,β-unsaturated/α-hetero) is 5. The molecule has 5 aromatic carbocycles. The lowest BCUT2D eigenvalue weighted by atomic mass is 9.83.